The second-order valence-electron chi connectivity index (χ2n) is 3.43. The molecule has 3 nitrogen and oxygen atoms in total. The highest BCUT2D eigenvalue weighted by molar-refractivity contribution is 4.73. The van der Waals surface area contributed by atoms with Crippen molar-refractivity contribution in [2.45, 2.75) is 25.8 Å². The Morgan fingerprint density at radius 2 is 2.23 bits per heavy atom. The van der Waals surface area contributed by atoms with Crippen molar-refractivity contribution in [3.8, 4) is 0 Å². The van der Waals surface area contributed by atoms with E-state index >= 15 is 0 Å². The first kappa shape index (κ1) is 12.6. The van der Waals surface area contributed by atoms with Crippen LogP contribution in [0.2, 0.25) is 0 Å². The van der Waals surface area contributed by atoms with Crippen molar-refractivity contribution in [1.29, 1.82) is 0 Å². The van der Waals surface area contributed by atoms with Crippen LogP contribution in [0.25, 0.3) is 0 Å². The summed E-state index contributed by atoms with van der Waals surface area (Å²) in [6, 6.07) is 0.278. The van der Waals surface area contributed by atoms with E-state index in [1.807, 2.05) is 13.0 Å². The summed E-state index contributed by atoms with van der Waals surface area (Å²) in [6.45, 7) is 8.48. The average molecular weight is 186 g/mol. The Labute approximate surface area is 81.2 Å². The molecule has 0 heterocycles. The number of nitrogens with two attached hydrogens (primary N) is 1. The van der Waals surface area contributed by atoms with Gasteiger partial charge >= 0.3 is 0 Å². The molecule has 0 aliphatic carbocycles. The van der Waals surface area contributed by atoms with Crippen molar-refractivity contribution >= 4 is 0 Å². The molecule has 0 amide bonds. The average Bonchev–Trinajstić information content (AvgIpc) is 2.04. The molecule has 3 heteroatoms. The number of aliphatic hydroxyl groups is 1. The van der Waals surface area contributed by atoms with Crippen LogP contribution in [0.1, 0.15) is 19.8 Å². The van der Waals surface area contributed by atoms with Gasteiger partial charge in [0.05, 0.1) is 6.61 Å². The van der Waals surface area contributed by atoms with Gasteiger partial charge in [0.2, 0.25) is 0 Å². The lowest BCUT2D eigenvalue weighted by atomic mass is 10.2. The van der Waals surface area contributed by atoms with Crippen LogP contribution in [0.4, 0.5) is 0 Å². The molecule has 0 fully saturated rings. The van der Waals surface area contributed by atoms with Gasteiger partial charge in [0, 0.05) is 19.1 Å². The molecule has 0 aromatic heterocycles. The minimum atomic E-state index is 0.214. The maximum Gasteiger partial charge on any atom is 0.0558 e. The van der Waals surface area contributed by atoms with Crippen molar-refractivity contribution < 1.29 is 5.11 Å². The minimum absolute atomic E-state index is 0.214. The van der Waals surface area contributed by atoms with E-state index in [0.717, 1.165) is 32.5 Å². The molecule has 0 aromatic rings. The highest BCUT2D eigenvalue weighted by Gasteiger charge is 2.02. The van der Waals surface area contributed by atoms with E-state index < -0.39 is 0 Å². The van der Waals surface area contributed by atoms with Crippen molar-refractivity contribution in [3.63, 3.8) is 0 Å². The normalized spacial score (nSPS) is 13.2. The van der Waals surface area contributed by atoms with E-state index in [0.29, 0.717) is 0 Å². The van der Waals surface area contributed by atoms with Gasteiger partial charge in [-0.2, -0.15) is 0 Å². The first-order chi connectivity index (χ1) is 6.20. The van der Waals surface area contributed by atoms with Gasteiger partial charge in [0.1, 0.15) is 0 Å². The van der Waals surface area contributed by atoms with Gasteiger partial charge in [0.15, 0.2) is 0 Å². The maximum atomic E-state index is 8.77. The van der Waals surface area contributed by atoms with Gasteiger partial charge < -0.3 is 10.8 Å². The monoisotopic (exact) mass is 186 g/mol. The quantitative estimate of drug-likeness (QED) is 0.546. The Balaban J connectivity index is 3.49. The molecule has 0 bridgehead atoms. The van der Waals surface area contributed by atoms with Crippen LogP contribution in [-0.2, 0) is 0 Å². The molecule has 3 N–H and O–H groups in total. The zero-order valence-corrected chi connectivity index (χ0v) is 8.58. The zero-order valence-electron chi connectivity index (χ0n) is 8.58. The Bertz CT molecular complexity index is 126. The Morgan fingerprint density at radius 1 is 1.54 bits per heavy atom. The van der Waals surface area contributed by atoms with Crippen LogP contribution in [-0.4, -0.2) is 42.3 Å². The Morgan fingerprint density at radius 3 is 2.69 bits per heavy atom. The van der Waals surface area contributed by atoms with Gasteiger partial charge in [0.25, 0.3) is 0 Å². The summed E-state index contributed by atoms with van der Waals surface area (Å²) >= 11 is 0. The van der Waals surface area contributed by atoms with Gasteiger partial charge in [-0.3, -0.25) is 4.90 Å². The standard InChI is InChI=1S/C10H22N2O/c1-3-6-12(8-9-13)7-4-5-10(2)11/h3,10,13H,1,4-9,11H2,2H3. The Hall–Kier alpha value is -0.380. The number of hydrogen-bond donors (Lipinski definition) is 2. The molecule has 0 saturated heterocycles. The second kappa shape index (κ2) is 8.23. The molecule has 1 unspecified atom stereocenters. The van der Waals surface area contributed by atoms with E-state index in [-0.39, 0.29) is 12.6 Å². The molecule has 0 saturated carbocycles. The third-order valence-corrected chi connectivity index (χ3v) is 1.94. The summed E-state index contributed by atoms with van der Waals surface area (Å²) < 4.78 is 0. The highest BCUT2D eigenvalue weighted by atomic mass is 16.3. The molecule has 0 radical (unpaired) electrons. The Kier molecular flexibility index (Phi) is 7.99. The van der Waals surface area contributed by atoms with E-state index in [1.54, 1.807) is 0 Å². The van der Waals surface area contributed by atoms with Crippen LogP contribution >= 0.6 is 0 Å². The first-order valence-electron chi connectivity index (χ1n) is 4.90. The third kappa shape index (κ3) is 7.96. The number of rotatable bonds is 8. The smallest absolute Gasteiger partial charge is 0.0558 e. The zero-order chi connectivity index (χ0) is 10.1. The lowest BCUT2D eigenvalue weighted by molar-refractivity contribution is 0.205. The van der Waals surface area contributed by atoms with Crippen molar-refractivity contribution in [2.24, 2.45) is 5.73 Å². The molecular weight excluding hydrogens is 164 g/mol. The van der Waals surface area contributed by atoms with Crippen molar-refractivity contribution in [3.05, 3.63) is 12.7 Å². The second-order valence-corrected chi connectivity index (χ2v) is 3.43. The minimum Gasteiger partial charge on any atom is -0.395 e. The third-order valence-electron chi connectivity index (χ3n) is 1.94. The molecule has 78 valence electrons. The van der Waals surface area contributed by atoms with Crippen LogP contribution in [0, 0.1) is 0 Å². The van der Waals surface area contributed by atoms with E-state index in [9.17, 15) is 0 Å². The number of aliphatic hydroxyl groups excluding tert-OH is 1. The topological polar surface area (TPSA) is 49.5 Å². The SMILES string of the molecule is C=CCN(CCO)CCCC(C)N. The van der Waals surface area contributed by atoms with Crippen LogP contribution in [0.3, 0.4) is 0 Å². The van der Waals surface area contributed by atoms with Gasteiger partial charge in [-0.25, -0.2) is 0 Å². The van der Waals surface area contributed by atoms with Gasteiger partial charge in [-0.1, -0.05) is 6.08 Å². The van der Waals surface area contributed by atoms with E-state index in [1.165, 1.54) is 0 Å². The summed E-state index contributed by atoms with van der Waals surface area (Å²) in [5, 5.41) is 8.77. The molecule has 13 heavy (non-hydrogen) atoms. The van der Waals surface area contributed by atoms with Gasteiger partial charge in [-0.15, -0.1) is 6.58 Å². The summed E-state index contributed by atoms with van der Waals surface area (Å²) in [5.41, 5.74) is 5.64. The van der Waals surface area contributed by atoms with Crippen LogP contribution in [0.5, 0.6) is 0 Å². The fourth-order valence-corrected chi connectivity index (χ4v) is 1.26. The highest BCUT2D eigenvalue weighted by Crippen LogP contribution is 1.97. The predicted octanol–water partition coefficient (Wildman–Crippen LogP) is 0.594. The molecule has 0 rings (SSSR count). The first-order valence-corrected chi connectivity index (χ1v) is 4.90. The van der Waals surface area contributed by atoms with Crippen molar-refractivity contribution in [2.75, 3.05) is 26.2 Å². The predicted molar refractivity (Wildman–Crippen MR) is 56.6 cm³/mol. The van der Waals surface area contributed by atoms with Gasteiger partial charge in [-0.05, 0) is 26.3 Å². The summed E-state index contributed by atoms with van der Waals surface area (Å²) in [7, 11) is 0. The maximum absolute atomic E-state index is 8.77. The largest absolute Gasteiger partial charge is 0.395 e. The lowest BCUT2D eigenvalue weighted by Crippen LogP contribution is -2.29. The van der Waals surface area contributed by atoms with Crippen molar-refractivity contribution in [1.82, 2.24) is 4.90 Å². The number of hydrogen-bond acceptors (Lipinski definition) is 3. The molecule has 1 atom stereocenters. The summed E-state index contributed by atoms with van der Waals surface area (Å²) in [4.78, 5) is 2.18. The van der Waals surface area contributed by atoms with E-state index in [4.69, 9.17) is 10.8 Å². The molecule has 0 aliphatic rings. The fourth-order valence-electron chi connectivity index (χ4n) is 1.26. The number of nitrogens with zero attached hydrogens (tertiary/aromatic N) is 1. The molecule has 0 spiro atoms. The molecular formula is C10H22N2O. The summed E-state index contributed by atoms with van der Waals surface area (Å²) in [5.74, 6) is 0. The van der Waals surface area contributed by atoms with Crippen LogP contribution < -0.4 is 5.73 Å². The molecule has 0 aromatic carbocycles. The fraction of sp³-hybridized carbons (Fsp3) is 0.800. The lowest BCUT2D eigenvalue weighted by Gasteiger charge is -2.19. The summed E-state index contributed by atoms with van der Waals surface area (Å²) in [6.07, 6.45) is 3.99. The molecule has 0 aliphatic heterocycles. The van der Waals surface area contributed by atoms with Crippen LogP contribution in [0.15, 0.2) is 12.7 Å². The van der Waals surface area contributed by atoms with E-state index in [2.05, 4.69) is 11.5 Å².